The fourth-order valence-corrected chi connectivity index (χ4v) is 3.77. The number of carbonyl (C=O) groups excluding carboxylic acids is 2. The maximum Gasteiger partial charge on any atom is 0.252 e. The number of nitrogens with zero attached hydrogens (tertiary/aromatic N) is 1. The SMILES string of the molecule is CCOc1cc(N2CCOCC2)c(OCC)cc1NC(=O)CCNC(=O)c1ccc(F)cc1Cl. The van der Waals surface area contributed by atoms with E-state index in [1.54, 1.807) is 6.07 Å². The first-order valence-electron chi connectivity index (χ1n) is 11.2. The molecule has 1 fully saturated rings. The van der Waals surface area contributed by atoms with Crippen LogP contribution in [0.4, 0.5) is 15.8 Å². The van der Waals surface area contributed by atoms with Crippen LogP contribution in [-0.4, -0.2) is 57.9 Å². The van der Waals surface area contributed by atoms with Gasteiger partial charge in [-0.25, -0.2) is 4.39 Å². The number of morpholine rings is 1. The van der Waals surface area contributed by atoms with Gasteiger partial charge in [0.2, 0.25) is 5.91 Å². The van der Waals surface area contributed by atoms with Crippen LogP contribution in [0.1, 0.15) is 30.6 Å². The van der Waals surface area contributed by atoms with Gasteiger partial charge in [-0.1, -0.05) is 11.6 Å². The Morgan fingerprint density at radius 1 is 1.09 bits per heavy atom. The van der Waals surface area contributed by atoms with Gasteiger partial charge in [0.1, 0.15) is 17.3 Å². The molecular weight excluding hydrogens is 465 g/mol. The summed E-state index contributed by atoms with van der Waals surface area (Å²) in [4.78, 5) is 27.0. The van der Waals surface area contributed by atoms with Crippen LogP contribution in [0.5, 0.6) is 11.5 Å². The summed E-state index contributed by atoms with van der Waals surface area (Å²) in [7, 11) is 0. The highest BCUT2D eigenvalue weighted by molar-refractivity contribution is 6.33. The Hall–Kier alpha value is -3.04. The highest BCUT2D eigenvalue weighted by atomic mass is 35.5. The van der Waals surface area contributed by atoms with Crippen molar-refractivity contribution in [1.29, 1.82) is 0 Å². The molecule has 1 saturated heterocycles. The van der Waals surface area contributed by atoms with E-state index in [2.05, 4.69) is 15.5 Å². The number of benzene rings is 2. The molecule has 1 aliphatic heterocycles. The third-order valence-electron chi connectivity index (χ3n) is 5.10. The van der Waals surface area contributed by atoms with Gasteiger partial charge in [0, 0.05) is 38.2 Å². The van der Waals surface area contributed by atoms with Crippen molar-refractivity contribution < 1.29 is 28.2 Å². The summed E-state index contributed by atoms with van der Waals surface area (Å²) in [6.45, 7) is 7.45. The van der Waals surface area contributed by atoms with Crippen LogP contribution in [0, 0.1) is 5.82 Å². The molecule has 184 valence electrons. The standard InChI is InChI=1S/C24H29ClFN3O5/c1-3-33-21-15-20(29-9-11-32-12-10-29)22(34-4-2)14-19(21)28-23(30)7-8-27-24(31)17-6-5-16(26)13-18(17)25/h5-6,13-15H,3-4,7-12H2,1-2H3,(H,27,31)(H,28,30). The Kier molecular flexibility index (Phi) is 9.35. The zero-order valence-corrected chi connectivity index (χ0v) is 20.0. The number of rotatable bonds is 10. The largest absolute Gasteiger partial charge is 0.492 e. The van der Waals surface area contributed by atoms with Crippen LogP contribution in [-0.2, 0) is 9.53 Å². The first kappa shape index (κ1) is 25.6. The smallest absolute Gasteiger partial charge is 0.252 e. The number of ether oxygens (including phenoxy) is 3. The van der Waals surface area contributed by atoms with E-state index < -0.39 is 11.7 Å². The maximum atomic E-state index is 13.2. The number of hydrogen-bond acceptors (Lipinski definition) is 6. The van der Waals surface area contributed by atoms with E-state index in [0.29, 0.717) is 43.6 Å². The van der Waals surface area contributed by atoms with Gasteiger partial charge in [0.25, 0.3) is 5.91 Å². The van der Waals surface area contributed by atoms with E-state index >= 15 is 0 Å². The van der Waals surface area contributed by atoms with Gasteiger partial charge in [-0.15, -0.1) is 0 Å². The molecule has 0 atom stereocenters. The normalized spacial score (nSPS) is 13.4. The summed E-state index contributed by atoms with van der Waals surface area (Å²) >= 11 is 5.91. The van der Waals surface area contributed by atoms with Crippen molar-refractivity contribution in [2.75, 3.05) is 56.3 Å². The minimum absolute atomic E-state index is 0.00659. The van der Waals surface area contributed by atoms with Crippen LogP contribution < -0.4 is 25.0 Å². The summed E-state index contributed by atoms with van der Waals surface area (Å²) in [5, 5.41) is 5.47. The number of nitrogens with one attached hydrogen (secondary N) is 2. The topological polar surface area (TPSA) is 89.1 Å². The quantitative estimate of drug-likeness (QED) is 0.522. The van der Waals surface area contributed by atoms with Crippen molar-refractivity contribution in [2.45, 2.75) is 20.3 Å². The molecule has 1 aliphatic rings. The second-order valence-electron chi connectivity index (χ2n) is 7.46. The van der Waals surface area contributed by atoms with Crippen LogP contribution in [0.25, 0.3) is 0 Å². The van der Waals surface area contributed by atoms with Crippen LogP contribution in [0.2, 0.25) is 5.02 Å². The Bertz CT molecular complexity index is 1010. The minimum Gasteiger partial charge on any atom is -0.492 e. The van der Waals surface area contributed by atoms with Crippen molar-refractivity contribution in [3.05, 3.63) is 46.7 Å². The molecule has 2 amide bonds. The molecule has 0 aromatic heterocycles. The lowest BCUT2D eigenvalue weighted by atomic mass is 10.2. The molecule has 0 aliphatic carbocycles. The lowest BCUT2D eigenvalue weighted by molar-refractivity contribution is -0.116. The minimum atomic E-state index is -0.530. The monoisotopic (exact) mass is 493 g/mol. The first-order chi connectivity index (χ1) is 16.4. The Morgan fingerprint density at radius 2 is 1.79 bits per heavy atom. The second kappa shape index (κ2) is 12.4. The average Bonchev–Trinajstić information content (AvgIpc) is 2.81. The van der Waals surface area contributed by atoms with E-state index in [4.69, 9.17) is 25.8 Å². The van der Waals surface area contributed by atoms with E-state index in [1.807, 2.05) is 19.9 Å². The summed E-state index contributed by atoms with van der Waals surface area (Å²) in [6.07, 6.45) is 0.0191. The third-order valence-corrected chi connectivity index (χ3v) is 5.41. The van der Waals surface area contributed by atoms with Gasteiger partial charge in [-0.3, -0.25) is 9.59 Å². The zero-order chi connectivity index (χ0) is 24.5. The van der Waals surface area contributed by atoms with Crippen molar-refractivity contribution >= 4 is 34.8 Å². The number of halogens is 2. The summed E-state index contributed by atoms with van der Waals surface area (Å²) in [6, 6.07) is 7.14. The molecule has 0 bridgehead atoms. The first-order valence-corrected chi connectivity index (χ1v) is 11.6. The van der Waals surface area contributed by atoms with E-state index in [1.165, 1.54) is 6.07 Å². The zero-order valence-electron chi connectivity index (χ0n) is 19.3. The number of anilines is 2. The van der Waals surface area contributed by atoms with Gasteiger partial charge in [-0.05, 0) is 32.0 Å². The molecular formula is C24H29ClFN3O5. The van der Waals surface area contributed by atoms with Gasteiger partial charge in [0.05, 0.1) is 48.4 Å². The Morgan fingerprint density at radius 3 is 2.47 bits per heavy atom. The summed E-state index contributed by atoms with van der Waals surface area (Å²) in [5.74, 6) is -0.156. The summed E-state index contributed by atoms with van der Waals surface area (Å²) < 4.78 is 30.2. The van der Waals surface area contributed by atoms with Crippen molar-refractivity contribution in [3.63, 3.8) is 0 Å². The number of amides is 2. The van der Waals surface area contributed by atoms with Crippen LogP contribution >= 0.6 is 11.6 Å². The summed E-state index contributed by atoms with van der Waals surface area (Å²) in [5.41, 5.74) is 1.51. The number of hydrogen-bond donors (Lipinski definition) is 2. The predicted octanol–water partition coefficient (Wildman–Crippen LogP) is 3.87. The van der Waals surface area contributed by atoms with Crippen molar-refractivity contribution in [1.82, 2.24) is 5.32 Å². The molecule has 2 N–H and O–H groups in total. The molecule has 0 radical (unpaired) electrons. The predicted molar refractivity (Wildman–Crippen MR) is 129 cm³/mol. The molecule has 2 aromatic carbocycles. The maximum absolute atomic E-state index is 13.2. The average molecular weight is 494 g/mol. The van der Waals surface area contributed by atoms with Gasteiger partial charge in [0.15, 0.2) is 0 Å². The molecule has 0 spiro atoms. The lowest BCUT2D eigenvalue weighted by Crippen LogP contribution is -2.36. The molecule has 8 nitrogen and oxygen atoms in total. The molecule has 3 rings (SSSR count). The molecule has 0 saturated carbocycles. The van der Waals surface area contributed by atoms with Crippen LogP contribution in [0.15, 0.2) is 30.3 Å². The van der Waals surface area contributed by atoms with Gasteiger partial charge >= 0.3 is 0 Å². The van der Waals surface area contributed by atoms with Crippen molar-refractivity contribution in [3.8, 4) is 11.5 Å². The lowest BCUT2D eigenvalue weighted by Gasteiger charge is -2.31. The van der Waals surface area contributed by atoms with Gasteiger partial charge in [-0.2, -0.15) is 0 Å². The fraction of sp³-hybridized carbons (Fsp3) is 0.417. The van der Waals surface area contributed by atoms with Gasteiger partial charge < -0.3 is 29.7 Å². The van der Waals surface area contributed by atoms with E-state index in [9.17, 15) is 14.0 Å². The Balaban J connectivity index is 1.67. The highest BCUT2D eigenvalue weighted by Gasteiger charge is 2.20. The number of carbonyl (C=O) groups is 2. The van der Waals surface area contributed by atoms with Crippen LogP contribution in [0.3, 0.4) is 0 Å². The van der Waals surface area contributed by atoms with Crippen molar-refractivity contribution in [2.24, 2.45) is 0 Å². The van der Waals surface area contributed by atoms with E-state index in [-0.39, 0.29) is 29.5 Å². The third kappa shape index (κ3) is 6.74. The Labute approximate surface area is 203 Å². The fourth-order valence-electron chi connectivity index (χ4n) is 3.52. The molecule has 2 aromatic rings. The highest BCUT2D eigenvalue weighted by Crippen LogP contribution is 2.39. The molecule has 34 heavy (non-hydrogen) atoms. The van der Waals surface area contributed by atoms with E-state index in [0.717, 1.165) is 30.9 Å². The molecule has 0 unspecified atom stereocenters. The second-order valence-corrected chi connectivity index (χ2v) is 7.87. The molecule has 10 heteroatoms. The molecule has 1 heterocycles.